The highest BCUT2D eigenvalue weighted by atomic mass is 32.1. The van der Waals surface area contributed by atoms with Crippen LogP contribution in [-0.2, 0) is 21.4 Å². The lowest BCUT2D eigenvalue weighted by molar-refractivity contribution is -0.140. The van der Waals surface area contributed by atoms with Gasteiger partial charge in [0.2, 0.25) is 17.7 Å². The molecule has 2 unspecified atom stereocenters. The van der Waals surface area contributed by atoms with Crippen molar-refractivity contribution < 1.29 is 24.2 Å². The predicted molar refractivity (Wildman–Crippen MR) is 147 cm³/mol. The lowest BCUT2D eigenvalue weighted by Gasteiger charge is -2.30. The van der Waals surface area contributed by atoms with E-state index in [9.17, 15) is 19.5 Å². The number of aliphatic hydroxyl groups is 1. The lowest BCUT2D eigenvalue weighted by Crippen LogP contribution is -2.48. The number of carbonyl (C=O) groups excluding carboxylic acids is 3. The summed E-state index contributed by atoms with van der Waals surface area (Å²) in [5.74, 6) is -0.999. The molecule has 1 aliphatic heterocycles. The normalized spacial score (nSPS) is 18.7. The maximum absolute atomic E-state index is 13.8. The Hall–Kier alpha value is -3.57. The largest absolute Gasteiger partial charge is 0.470 e. The average molecular weight is 554 g/mol. The Balaban J connectivity index is 1.48. The number of β-amino-alcohol motifs (C(OH)–C–C–N with tert-alkyl or cyclic N) is 1. The number of thiazole rings is 1. The minimum atomic E-state index is -0.801. The zero-order chi connectivity index (χ0) is 28.3. The van der Waals surface area contributed by atoms with Crippen LogP contribution in [0.2, 0.25) is 0 Å². The van der Waals surface area contributed by atoms with Crippen molar-refractivity contribution in [3.05, 3.63) is 52.8 Å². The second-order valence-corrected chi connectivity index (χ2v) is 11.1. The Labute approximate surface area is 232 Å². The van der Waals surface area contributed by atoms with Crippen molar-refractivity contribution in [2.45, 2.75) is 58.2 Å². The second kappa shape index (κ2) is 12.1. The Morgan fingerprint density at radius 1 is 1.26 bits per heavy atom. The molecule has 1 aromatic carbocycles. The van der Waals surface area contributed by atoms with Gasteiger partial charge in [-0.15, -0.1) is 11.3 Å². The van der Waals surface area contributed by atoms with Gasteiger partial charge in [-0.25, -0.2) is 9.67 Å². The summed E-state index contributed by atoms with van der Waals surface area (Å²) < 4.78 is 6.88. The first-order valence-corrected chi connectivity index (χ1v) is 13.9. The maximum Gasteiger partial charge on any atom is 0.243 e. The summed E-state index contributed by atoms with van der Waals surface area (Å²) in [6.07, 6.45) is 0.00332. The second-order valence-electron chi connectivity index (χ2n) is 10.2. The number of nitrogens with zero attached hydrogens (tertiary/aromatic N) is 4. The van der Waals surface area contributed by atoms with Gasteiger partial charge in [0.05, 0.1) is 39.8 Å². The number of aromatic nitrogens is 3. The molecule has 1 saturated heterocycles. The van der Waals surface area contributed by atoms with E-state index in [4.69, 9.17) is 4.74 Å². The summed E-state index contributed by atoms with van der Waals surface area (Å²) in [4.78, 5) is 44.8. The van der Waals surface area contributed by atoms with Crippen LogP contribution in [0.5, 0.6) is 5.88 Å². The number of amides is 2. The summed E-state index contributed by atoms with van der Waals surface area (Å²) in [7, 11) is 1.67. The van der Waals surface area contributed by atoms with Crippen molar-refractivity contribution in [2.75, 3.05) is 13.2 Å². The van der Waals surface area contributed by atoms with Crippen molar-refractivity contribution in [1.82, 2.24) is 25.0 Å². The van der Waals surface area contributed by atoms with Crippen LogP contribution in [0.15, 0.2) is 35.8 Å². The molecule has 10 nitrogen and oxygen atoms in total. The van der Waals surface area contributed by atoms with Gasteiger partial charge in [-0.3, -0.25) is 14.4 Å². The van der Waals surface area contributed by atoms with Crippen molar-refractivity contribution in [3.8, 4) is 16.3 Å². The third-order valence-corrected chi connectivity index (χ3v) is 8.03. The van der Waals surface area contributed by atoms with E-state index in [2.05, 4.69) is 15.4 Å². The first kappa shape index (κ1) is 28.4. The Kier molecular flexibility index (Phi) is 8.81. The molecule has 208 valence electrons. The molecule has 0 spiro atoms. The van der Waals surface area contributed by atoms with Gasteiger partial charge in [-0.1, -0.05) is 38.1 Å². The number of aldehydes is 1. The molecule has 4 rings (SSSR count). The van der Waals surface area contributed by atoms with E-state index in [-0.39, 0.29) is 43.3 Å². The number of hydrogen-bond acceptors (Lipinski definition) is 8. The molecule has 0 aliphatic carbocycles. The lowest BCUT2D eigenvalue weighted by atomic mass is 9.90. The van der Waals surface area contributed by atoms with Crippen LogP contribution in [0.4, 0.5) is 0 Å². The van der Waals surface area contributed by atoms with E-state index >= 15 is 0 Å². The van der Waals surface area contributed by atoms with E-state index < -0.39 is 18.1 Å². The molecule has 11 heteroatoms. The number of carbonyl (C=O) groups is 3. The fourth-order valence-corrected chi connectivity index (χ4v) is 5.82. The molecule has 0 saturated carbocycles. The third kappa shape index (κ3) is 6.20. The number of hydrogen-bond donors (Lipinski definition) is 2. The molecule has 3 aromatic rings. The number of aliphatic hydroxyl groups excluding tert-OH is 1. The van der Waals surface area contributed by atoms with Gasteiger partial charge in [0.15, 0.2) is 6.29 Å². The van der Waals surface area contributed by atoms with Gasteiger partial charge in [0.1, 0.15) is 12.6 Å². The Morgan fingerprint density at radius 2 is 1.97 bits per heavy atom. The molecule has 1 fully saturated rings. The van der Waals surface area contributed by atoms with Crippen LogP contribution in [0.25, 0.3) is 10.4 Å². The smallest absolute Gasteiger partial charge is 0.243 e. The van der Waals surface area contributed by atoms with Crippen molar-refractivity contribution in [3.63, 3.8) is 0 Å². The standard InChI is InChI=1S/C28H35N5O5S/c1-16(2)25(22-13-24(32(5)31-22)38-11-10-34)28(37)33-14-21(35)12-23(33)27(36)30-17(3)19-6-8-20(9-7-19)26-18(4)29-15-39-26/h6-10,13,15-17,21,23,25,35H,11-12,14H2,1-5H3,(H,30,36)/t17?,21-,23+,25?/m1/s1. The molecular formula is C28H35N5O5S. The summed E-state index contributed by atoms with van der Waals surface area (Å²) in [5.41, 5.74) is 5.30. The molecule has 39 heavy (non-hydrogen) atoms. The number of ether oxygens (including phenoxy) is 1. The predicted octanol–water partition coefficient (Wildman–Crippen LogP) is 3.01. The van der Waals surface area contributed by atoms with Gasteiger partial charge in [-0.05, 0) is 30.9 Å². The highest BCUT2D eigenvalue weighted by Crippen LogP contribution is 2.32. The SMILES string of the molecule is Cc1ncsc1-c1ccc(C(C)NC(=O)[C@@H]2C[C@@H](O)CN2C(=O)C(c2cc(OCC=O)n(C)n2)C(C)C)cc1. The van der Waals surface area contributed by atoms with Crippen molar-refractivity contribution >= 4 is 29.4 Å². The maximum atomic E-state index is 13.8. The van der Waals surface area contributed by atoms with Crippen LogP contribution in [0, 0.1) is 12.8 Å². The molecule has 2 N–H and O–H groups in total. The number of benzene rings is 1. The van der Waals surface area contributed by atoms with Crippen LogP contribution < -0.4 is 10.1 Å². The fraction of sp³-hybridized carbons (Fsp3) is 0.464. The van der Waals surface area contributed by atoms with Crippen LogP contribution in [-0.4, -0.2) is 68.2 Å². The third-order valence-electron chi connectivity index (χ3n) is 7.05. The topological polar surface area (TPSA) is 127 Å². The number of likely N-dealkylation sites (tertiary alicyclic amines) is 1. The summed E-state index contributed by atoms with van der Waals surface area (Å²) in [6, 6.07) is 8.54. The Morgan fingerprint density at radius 3 is 2.59 bits per heavy atom. The van der Waals surface area contributed by atoms with Gasteiger partial charge in [-0.2, -0.15) is 5.10 Å². The molecule has 0 bridgehead atoms. The Bertz CT molecular complexity index is 1320. The molecule has 3 heterocycles. The van der Waals surface area contributed by atoms with Crippen LogP contribution in [0.3, 0.4) is 0 Å². The van der Waals surface area contributed by atoms with E-state index in [0.29, 0.717) is 17.9 Å². The first-order valence-electron chi connectivity index (χ1n) is 13.0. The molecule has 2 amide bonds. The van der Waals surface area contributed by atoms with Crippen molar-refractivity contribution in [2.24, 2.45) is 13.0 Å². The minimum Gasteiger partial charge on any atom is -0.470 e. The zero-order valence-corrected chi connectivity index (χ0v) is 23.6. The molecule has 1 aliphatic rings. The molecular weight excluding hydrogens is 518 g/mol. The van der Waals surface area contributed by atoms with Gasteiger partial charge in [0, 0.05) is 26.1 Å². The molecule has 2 aromatic heterocycles. The number of nitrogens with one attached hydrogen (secondary N) is 1. The first-order chi connectivity index (χ1) is 18.6. The highest BCUT2D eigenvalue weighted by molar-refractivity contribution is 7.13. The fourth-order valence-electron chi connectivity index (χ4n) is 5.01. The van der Waals surface area contributed by atoms with E-state index in [1.165, 1.54) is 9.58 Å². The summed E-state index contributed by atoms with van der Waals surface area (Å²) in [5, 5.41) is 17.9. The number of aryl methyl sites for hydroxylation is 2. The minimum absolute atomic E-state index is 0.0682. The highest BCUT2D eigenvalue weighted by Gasteiger charge is 2.43. The summed E-state index contributed by atoms with van der Waals surface area (Å²) in [6.45, 7) is 7.64. The van der Waals surface area contributed by atoms with Gasteiger partial charge >= 0.3 is 0 Å². The van der Waals surface area contributed by atoms with Crippen LogP contribution >= 0.6 is 11.3 Å². The van der Waals surface area contributed by atoms with Gasteiger partial charge < -0.3 is 20.1 Å². The van der Waals surface area contributed by atoms with Gasteiger partial charge in [0.25, 0.3) is 0 Å². The average Bonchev–Trinajstić information content (AvgIpc) is 3.60. The number of rotatable bonds is 10. The van der Waals surface area contributed by atoms with E-state index in [1.54, 1.807) is 24.5 Å². The molecule has 4 atom stereocenters. The summed E-state index contributed by atoms with van der Waals surface area (Å²) >= 11 is 1.59. The van der Waals surface area contributed by atoms with E-state index in [0.717, 1.165) is 21.7 Å². The quantitative estimate of drug-likeness (QED) is 0.370. The zero-order valence-electron chi connectivity index (χ0n) is 22.8. The van der Waals surface area contributed by atoms with E-state index in [1.807, 2.05) is 57.5 Å². The monoisotopic (exact) mass is 553 g/mol. The molecule has 0 radical (unpaired) electrons. The van der Waals surface area contributed by atoms with Crippen LogP contribution in [0.1, 0.15) is 56.1 Å². The van der Waals surface area contributed by atoms with Crippen molar-refractivity contribution in [1.29, 1.82) is 0 Å².